The highest BCUT2D eigenvalue weighted by Gasteiger charge is 2.37. The molecule has 1 nitrogen and oxygen atoms in total. The highest BCUT2D eigenvalue weighted by atomic mass is 19.1. The van der Waals surface area contributed by atoms with E-state index in [0.29, 0.717) is 18.6 Å². The van der Waals surface area contributed by atoms with E-state index in [1.165, 1.54) is 62.5 Å². The van der Waals surface area contributed by atoms with E-state index in [0.717, 1.165) is 49.0 Å². The molecule has 4 rings (SSSR count). The lowest BCUT2D eigenvalue weighted by Crippen LogP contribution is -2.34. The van der Waals surface area contributed by atoms with Gasteiger partial charge in [-0.15, -0.1) is 6.58 Å². The highest BCUT2D eigenvalue weighted by Crippen LogP contribution is 2.47. The third kappa shape index (κ3) is 4.95. The van der Waals surface area contributed by atoms with Crippen LogP contribution in [0.2, 0.25) is 0 Å². The fourth-order valence-corrected chi connectivity index (χ4v) is 6.41. The van der Waals surface area contributed by atoms with Gasteiger partial charge in [0.2, 0.25) is 0 Å². The van der Waals surface area contributed by atoms with Crippen LogP contribution in [-0.4, -0.2) is 12.7 Å². The molecular weight excluding hydrogens is 359 g/mol. The predicted molar refractivity (Wildman–Crippen MR) is 119 cm³/mol. The molecule has 160 valence electrons. The van der Waals surface area contributed by atoms with E-state index < -0.39 is 0 Å². The normalized spacial score (nSPS) is 31.7. The first-order valence-electron chi connectivity index (χ1n) is 12.2. The molecule has 3 aliphatic rings. The summed E-state index contributed by atoms with van der Waals surface area (Å²) in [5, 5.41) is 0. The lowest BCUT2D eigenvalue weighted by molar-refractivity contribution is -0.00325. The minimum atomic E-state index is 0.0753. The van der Waals surface area contributed by atoms with E-state index >= 15 is 4.39 Å². The van der Waals surface area contributed by atoms with Gasteiger partial charge in [0, 0.05) is 0 Å². The number of fused-ring (bicyclic) bond motifs is 2. The third-order valence-electron chi connectivity index (χ3n) is 8.07. The molecule has 0 N–H and O–H groups in total. The van der Waals surface area contributed by atoms with Gasteiger partial charge in [0.1, 0.15) is 5.82 Å². The molecule has 0 amide bonds. The maximum atomic E-state index is 15.1. The van der Waals surface area contributed by atoms with E-state index in [-0.39, 0.29) is 5.82 Å². The molecule has 3 aliphatic carbocycles. The molecule has 0 aliphatic heterocycles. The topological polar surface area (TPSA) is 9.23 Å². The van der Waals surface area contributed by atoms with E-state index in [1.807, 2.05) is 12.1 Å². The van der Waals surface area contributed by atoms with Crippen molar-refractivity contribution in [3.63, 3.8) is 0 Å². The van der Waals surface area contributed by atoms with Crippen LogP contribution in [0.25, 0.3) is 0 Å². The van der Waals surface area contributed by atoms with E-state index in [4.69, 9.17) is 4.74 Å². The Balaban J connectivity index is 1.40. The van der Waals surface area contributed by atoms with Gasteiger partial charge in [0.25, 0.3) is 0 Å². The summed E-state index contributed by atoms with van der Waals surface area (Å²) in [5.74, 6) is 2.79. The van der Waals surface area contributed by atoms with Crippen molar-refractivity contribution in [3.05, 3.63) is 47.3 Å². The van der Waals surface area contributed by atoms with E-state index in [9.17, 15) is 0 Å². The predicted octanol–water partition coefficient (Wildman–Crippen LogP) is 7.38. The summed E-state index contributed by atoms with van der Waals surface area (Å²) < 4.78 is 21.1. The Hall–Kier alpha value is -1.15. The molecule has 2 saturated carbocycles. The molecule has 0 spiro atoms. The van der Waals surface area contributed by atoms with Crippen molar-refractivity contribution in [3.8, 4) is 0 Å². The summed E-state index contributed by atoms with van der Waals surface area (Å²) in [6, 6.07) is 4.18. The van der Waals surface area contributed by atoms with Gasteiger partial charge in [-0.05, 0) is 104 Å². The number of halogens is 1. The van der Waals surface area contributed by atoms with Crippen LogP contribution in [0.15, 0.2) is 24.8 Å². The quantitative estimate of drug-likeness (QED) is 0.435. The first kappa shape index (κ1) is 21.1. The molecule has 1 aromatic rings. The summed E-state index contributed by atoms with van der Waals surface area (Å²) in [6.45, 7) is 6.70. The number of ether oxygens (including phenoxy) is 1. The maximum absolute atomic E-state index is 15.1. The average molecular weight is 399 g/mol. The van der Waals surface area contributed by atoms with E-state index in [2.05, 4.69) is 19.6 Å². The number of aryl methyl sites for hydroxylation is 1. The summed E-state index contributed by atoms with van der Waals surface area (Å²) >= 11 is 0. The van der Waals surface area contributed by atoms with Crippen LogP contribution in [0.1, 0.15) is 93.7 Å². The van der Waals surface area contributed by atoms with Crippen LogP contribution < -0.4 is 0 Å². The van der Waals surface area contributed by atoms with Gasteiger partial charge in [0.15, 0.2) is 0 Å². The first-order valence-corrected chi connectivity index (χ1v) is 12.2. The Morgan fingerprint density at radius 1 is 1.07 bits per heavy atom. The molecule has 0 saturated heterocycles. The maximum Gasteiger partial charge on any atom is 0.126 e. The van der Waals surface area contributed by atoms with Gasteiger partial charge >= 0.3 is 0 Å². The first-order chi connectivity index (χ1) is 14.2. The van der Waals surface area contributed by atoms with Gasteiger partial charge in [-0.3, -0.25) is 0 Å². The number of unbranched alkanes of at least 4 members (excludes halogenated alkanes) is 1. The largest absolute Gasteiger partial charge is 0.374 e. The molecular formula is C27H39FO. The number of hydrogen-bond acceptors (Lipinski definition) is 1. The summed E-state index contributed by atoms with van der Waals surface area (Å²) in [5.41, 5.74) is 3.77. The SMILES string of the molecule is C=CCOC1CCC2CC(c3cc4c(cc3F)CC(CCCC)CC4)CCC2C1. The van der Waals surface area contributed by atoms with Crippen LogP contribution in [0.3, 0.4) is 0 Å². The lowest BCUT2D eigenvalue weighted by atomic mass is 9.65. The molecule has 0 aromatic heterocycles. The van der Waals surface area contributed by atoms with E-state index in [1.54, 1.807) is 0 Å². The van der Waals surface area contributed by atoms with Crippen molar-refractivity contribution in [2.75, 3.05) is 6.61 Å². The Labute approximate surface area is 177 Å². The van der Waals surface area contributed by atoms with Crippen molar-refractivity contribution in [1.29, 1.82) is 0 Å². The summed E-state index contributed by atoms with van der Waals surface area (Å²) in [7, 11) is 0. The van der Waals surface area contributed by atoms with Crippen molar-refractivity contribution < 1.29 is 9.13 Å². The molecule has 5 unspecified atom stereocenters. The number of benzene rings is 1. The minimum absolute atomic E-state index is 0.0753. The summed E-state index contributed by atoms with van der Waals surface area (Å²) in [6.07, 6.45) is 16.8. The summed E-state index contributed by atoms with van der Waals surface area (Å²) in [4.78, 5) is 0. The van der Waals surface area contributed by atoms with Crippen molar-refractivity contribution in [1.82, 2.24) is 0 Å². The molecule has 29 heavy (non-hydrogen) atoms. The standard InChI is InChI=1S/C27H39FO/c1-3-5-6-19-7-8-22-17-26(27(28)18-24(22)14-19)23-10-9-21-16-25(29-13-4-2)12-11-20(21)15-23/h4,17-21,23,25H,2-3,5-16H2,1H3. The second kappa shape index (κ2) is 9.77. The Morgan fingerprint density at radius 3 is 2.72 bits per heavy atom. The monoisotopic (exact) mass is 398 g/mol. The molecule has 2 fully saturated rings. The lowest BCUT2D eigenvalue weighted by Gasteiger charge is -2.42. The Bertz CT molecular complexity index is 696. The van der Waals surface area contributed by atoms with Gasteiger partial charge in [-0.2, -0.15) is 0 Å². The second-order valence-electron chi connectivity index (χ2n) is 9.98. The molecule has 2 heteroatoms. The fraction of sp³-hybridized carbons (Fsp3) is 0.704. The van der Waals surface area contributed by atoms with Crippen LogP contribution in [0, 0.1) is 23.6 Å². The molecule has 0 heterocycles. The molecule has 0 bridgehead atoms. The Morgan fingerprint density at radius 2 is 1.90 bits per heavy atom. The molecule has 5 atom stereocenters. The van der Waals surface area contributed by atoms with Crippen LogP contribution in [0.4, 0.5) is 4.39 Å². The van der Waals surface area contributed by atoms with Crippen LogP contribution in [-0.2, 0) is 17.6 Å². The third-order valence-corrected chi connectivity index (χ3v) is 8.07. The molecule has 1 aromatic carbocycles. The second-order valence-corrected chi connectivity index (χ2v) is 9.98. The highest BCUT2D eigenvalue weighted by molar-refractivity contribution is 5.37. The minimum Gasteiger partial charge on any atom is -0.374 e. The van der Waals surface area contributed by atoms with Crippen molar-refractivity contribution in [2.45, 2.75) is 96.0 Å². The van der Waals surface area contributed by atoms with Crippen LogP contribution in [0.5, 0.6) is 0 Å². The smallest absolute Gasteiger partial charge is 0.126 e. The van der Waals surface area contributed by atoms with Gasteiger partial charge < -0.3 is 4.74 Å². The number of rotatable bonds is 7. The van der Waals surface area contributed by atoms with Crippen molar-refractivity contribution >= 4 is 0 Å². The zero-order chi connectivity index (χ0) is 20.2. The van der Waals surface area contributed by atoms with Crippen molar-refractivity contribution in [2.24, 2.45) is 17.8 Å². The zero-order valence-corrected chi connectivity index (χ0v) is 18.3. The fourth-order valence-electron chi connectivity index (χ4n) is 6.41. The van der Waals surface area contributed by atoms with Gasteiger partial charge in [-0.1, -0.05) is 38.3 Å². The zero-order valence-electron chi connectivity index (χ0n) is 18.3. The van der Waals surface area contributed by atoms with Gasteiger partial charge in [0.05, 0.1) is 12.7 Å². The van der Waals surface area contributed by atoms with Gasteiger partial charge in [-0.25, -0.2) is 4.39 Å². The van der Waals surface area contributed by atoms with Crippen LogP contribution >= 0.6 is 0 Å². The average Bonchev–Trinajstić information content (AvgIpc) is 2.75. The number of hydrogen-bond donors (Lipinski definition) is 0. The molecule has 0 radical (unpaired) electrons. The Kier molecular flexibility index (Phi) is 7.11.